The van der Waals surface area contributed by atoms with Crippen molar-refractivity contribution in [2.24, 2.45) is 5.92 Å². The van der Waals surface area contributed by atoms with Gasteiger partial charge in [0.2, 0.25) is 5.91 Å². The number of ether oxygens (including phenoxy) is 1. The molecule has 4 atom stereocenters. The Morgan fingerprint density at radius 2 is 2.12 bits per heavy atom. The molecule has 1 amide bonds. The quantitative estimate of drug-likeness (QED) is 0.727. The molecule has 2 fully saturated rings. The van der Waals surface area contributed by atoms with E-state index in [9.17, 15) is 4.79 Å². The summed E-state index contributed by atoms with van der Waals surface area (Å²) in [5, 5.41) is 6.63. The van der Waals surface area contributed by atoms with E-state index in [1.165, 1.54) is 0 Å². The van der Waals surface area contributed by atoms with Gasteiger partial charge in [-0.1, -0.05) is 0 Å². The molecular weight excluding hydrogens is 204 g/mol. The van der Waals surface area contributed by atoms with Crippen LogP contribution < -0.4 is 10.6 Å². The molecule has 0 aromatic rings. The first kappa shape index (κ1) is 11.9. The van der Waals surface area contributed by atoms with Crippen molar-refractivity contribution in [1.29, 1.82) is 0 Å². The second-order valence-corrected chi connectivity index (χ2v) is 5.11. The Balaban J connectivity index is 1.82. The molecule has 2 N–H and O–H groups in total. The van der Waals surface area contributed by atoms with Crippen LogP contribution in [0, 0.1) is 5.92 Å². The minimum atomic E-state index is 0.0755. The first-order chi connectivity index (χ1) is 7.66. The van der Waals surface area contributed by atoms with Gasteiger partial charge in [-0.15, -0.1) is 0 Å². The van der Waals surface area contributed by atoms with Crippen LogP contribution in [-0.2, 0) is 9.53 Å². The second-order valence-electron chi connectivity index (χ2n) is 5.11. The highest BCUT2D eigenvalue weighted by atomic mass is 16.5. The Bertz CT molecular complexity index is 251. The van der Waals surface area contributed by atoms with Crippen molar-refractivity contribution >= 4 is 5.91 Å². The minimum Gasteiger partial charge on any atom is -0.381 e. The van der Waals surface area contributed by atoms with E-state index in [1.807, 2.05) is 0 Å². The molecule has 4 unspecified atom stereocenters. The van der Waals surface area contributed by atoms with Gasteiger partial charge >= 0.3 is 0 Å². The van der Waals surface area contributed by atoms with Crippen molar-refractivity contribution in [2.45, 2.75) is 51.2 Å². The Hall–Kier alpha value is -0.610. The SMILES string of the molecule is CC1CCC(NC(=O)C2CCOC2)C(C)N1. The molecule has 92 valence electrons. The van der Waals surface area contributed by atoms with Crippen molar-refractivity contribution < 1.29 is 9.53 Å². The molecule has 16 heavy (non-hydrogen) atoms. The first-order valence-electron chi connectivity index (χ1n) is 6.31. The predicted molar refractivity (Wildman–Crippen MR) is 62.2 cm³/mol. The molecule has 0 bridgehead atoms. The number of piperidine rings is 1. The number of rotatable bonds is 2. The predicted octanol–water partition coefficient (Wildman–Crippen LogP) is 0.668. The topological polar surface area (TPSA) is 50.4 Å². The summed E-state index contributed by atoms with van der Waals surface area (Å²) in [5.41, 5.74) is 0. The summed E-state index contributed by atoms with van der Waals surface area (Å²) in [5.74, 6) is 0.247. The van der Waals surface area contributed by atoms with E-state index in [2.05, 4.69) is 24.5 Å². The lowest BCUT2D eigenvalue weighted by Crippen LogP contribution is -2.55. The fourth-order valence-corrected chi connectivity index (χ4v) is 2.57. The van der Waals surface area contributed by atoms with Crippen LogP contribution >= 0.6 is 0 Å². The lowest BCUT2D eigenvalue weighted by Gasteiger charge is -2.35. The number of nitrogens with one attached hydrogen (secondary N) is 2. The highest BCUT2D eigenvalue weighted by Crippen LogP contribution is 2.16. The molecule has 0 aliphatic carbocycles. The molecule has 2 rings (SSSR count). The third-order valence-corrected chi connectivity index (χ3v) is 3.69. The van der Waals surface area contributed by atoms with Gasteiger partial charge in [0.1, 0.15) is 0 Å². The van der Waals surface area contributed by atoms with Gasteiger partial charge in [-0.05, 0) is 33.1 Å². The smallest absolute Gasteiger partial charge is 0.225 e. The summed E-state index contributed by atoms with van der Waals surface area (Å²) in [7, 11) is 0. The van der Waals surface area contributed by atoms with Gasteiger partial charge in [0.05, 0.1) is 12.5 Å². The lowest BCUT2D eigenvalue weighted by atomic mass is 9.94. The second kappa shape index (κ2) is 5.15. The number of hydrogen-bond acceptors (Lipinski definition) is 3. The van der Waals surface area contributed by atoms with E-state index in [-0.39, 0.29) is 17.9 Å². The average Bonchev–Trinajstić information content (AvgIpc) is 2.75. The third kappa shape index (κ3) is 2.74. The van der Waals surface area contributed by atoms with Gasteiger partial charge < -0.3 is 15.4 Å². The van der Waals surface area contributed by atoms with Crippen molar-refractivity contribution in [3.63, 3.8) is 0 Å². The lowest BCUT2D eigenvalue weighted by molar-refractivity contribution is -0.126. The Labute approximate surface area is 97.1 Å². The van der Waals surface area contributed by atoms with Gasteiger partial charge in [0, 0.05) is 24.7 Å². The molecule has 2 aliphatic heterocycles. The summed E-state index contributed by atoms with van der Waals surface area (Å²) in [6, 6.07) is 1.22. The summed E-state index contributed by atoms with van der Waals surface area (Å²) in [6.45, 7) is 5.66. The molecular formula is C12H22N2O2. The van der Waals surface area contributed by atoms with Crippen LogP contribution in [-0.4, -0.2) is 37.2 Å². The van der Waals surface area contributed by atoms with Gasteiger partial charge in [0.25, 0.3) is 0 Å². The molecule has 2 heterocycles. The first-order valence-corrected chi connectivity index (χ1v) is 6.31. The van der Waals surface area contributed by atoms with E-state index < -0.39 is 0 Å². The molecule has 4 nitrogen and oxygen atoms in total. The van der Waals surface area contributed by atoms with Crippen LogP contribution in [0.5, 0.6) is 0 Å². The van der Waals surface area contributed by atoms with Crippen LogP contribution in [0.25, 0.3) is 0 Å². The van der Waals surface area contributed by atoms with Gasteiger partial charge in [-0.25, -0.2) is 0 Å². The van der Waals surface area contributed by atoms with Crippen LogP contribution in [0.4, 0.5) is 0 Å². The van der Waals surface area contributed by atoms with Crippen LogP contribution in [0.3, 0.4) is 0 Å². The van der Waals surface area contributed by atoms with Crippen molar-refractivity contribution in [1.82, 2.24) is 10.6 Å². The molecule has 4 heteroatoms. The van der Waals surface area contributed by atoms with Gasteiger partial charge in [-0.2, -0.15) is 0 Å². The van der Waals surface area contributed by atoms with E-state index in [4.69, 9.17) is 4.74 Å². The largest absolute Gasteiger partial charge is 0.381 e. The Morgan fingerprint density at radius 3 is 2.75 bits per heavy atom. The summed E-state index contributed by atoms with van der Waals surface area (Å²) < 4.78 is 5.23. The monoisotopic (exact) mass is 226 g/mol. The third-order valence-electron chi connectivity index (χ3n) is 3.69. The fourth-order valence-electron chi connectivity index (χ4n) is 2.57. The highest BCUT2D eigenvalue weighted by Gasteiger charge is 2.29. The molecule has 0 spiro atoms. The van der Waals surface area contributed by atoms with Crippen LogP contribution in [0.1, 0.15) is 33.1 Å². The zero-order valence-corrected chi connectivity index (χ0v) is 10.2. The minimum absolute atomic E-state index is 0.0755. The van der Waals surface area contributed by atoms with E-state index in [0.717, 1.165) is 25.9 Å². The zero-order valence-electron chi connectivity index (χ0n) is 10.2. The Morgan fingerprint density at radius 1 is 1.31 bits per heavy atom. The average molecular weight is 226 g/mol. The molecule has 0 aromatic heterocycles. The fraction of sp³-hybridized carbons (Fsp3) is 0.917. The molecule has 0 aromatic carbocycles. The summed E-state index contributed by atoms with van der Waals surface area (Å²) >= 11 is 0. The number of hydrogen-bond donors (Lipinski definition) is 2. The van der Waals surface area contributed by atoms with Crippen LogP contribution in [0.15, 0.2) is 0 Å². The van der Waals surface area contributed by atoms with E-state index in [1.54, 1.807) is 0 Å². The standard InChI is InChI=1S/C12H22N2O2/c1-8-3-4-11(9(2)13-8)14-12(15)10-5-6-16-7-10/h8-11,13H,3-7H2,1-2H3,(H,14,15). The maximum Gasteiger partial charge on any atom is 0.225 e. The number of amides is 1. The van der Waals surface area contributed by atoms with Gasteiger partial charge in [-0.3, -0.25) is 4.79 Å². The van der Waals surface area contributed by atoms with Crippen molar-refractivity contribution in [2.75, 3.05) is 13.2 Å². The summed E-state index contributed by atoms with van der Waals surface area (Å²) in [6.07, 6.45) is 3.09. The van der Waals surface area contributed by atoms with Gasteiger partial charge in [0.15, 0.2) is 0 Å². The van der Waals surface area contributed by atoms with Crippen LogP contribution in [0.2, 0.25) is 0 Å². The van der Waals surface area contributed by atoms with E-state index >= 15 is 0 Å². The Kier molecular flexibility index (Phi) is 3.82. The molecule has 0 saturated carbocycles. The normalized spacial score (nSPS) is 39.6. The van der Waals surface area contributed by atoms with E-state index in [0.29, 0.717) is 18.7 Å². The molecule has 0 radical (unpaired) electrons. The van der Waals surface area contributed by atoms with Crippen molar-refractivity contribution in [3.8, 4) is 0 Å². The zero-order chi connectivity index (χ0) is 11.5. The number of carbonyl (C=O) groups excluding carboxylic acids is 1. The maximum absolute atomic E-state index is 11.9. The molecule has 2 aliphatic rings. The number of carbonyl (C=O) groups is 1. The molecule has 2 saturated heterocycles. The maximum atomic E-state index is 11.9. The summed E-state index contributed by atoms with van der Waals surface area (Å²) in [4.78, 5) is 11.9. The van der Waals surface area contributed by atoms with Crippen molar-refractivity contribution in [3.05, 3.63) is 0 Å². The highest BCUT2D eigenvalue weighted by molar-refractivity contribution is 5.79.